The number of nitrogens with two attached hydrogens (primary N) is 3. The minimum atomic E-state index is -1.30. The van der Waals surface area contributed by atoms with Crippen molar-refractivity contribution in [2.75, 3.05) is 18.1 Å². The van der Waals surface area contributed by atoms with Crippen LogP contribution in [0.25, 0.3) is 0 Å². The third kappa shape index (κ3) is 11.0. The molecule has 4 unspecified atom stereocenters. The molecule has 1 aromatic carbocycles. The molecule has 0 bridgehead atoms. The molecule has 1 aromatic rings. The Morgan fingerprint density at radius 1 is 0.889 bits per heavy atom. The van der Waals surface area contributed by atoms with Crippen molar-refractivity contribution in [2.24, 2.45) is 22.2 Å². The number of guanidine groups is 1. The first-order valence-electron chi connectivity index (χ1n) is 10.9. The zero-order chi connectivity index (χ0) is 27.3. The number of phenolic OH excluding ortho intramolecular Hbond substituents is 1. The molecule has 15 heteroatoms. The Morgan fingerprint density at radius 2 is 1.44 bits per heavy atom. The highest BCUT2D eigenvalue weighted by molar-refractivity contribution is 7.80. The molecule has 11 N–H and O–H groups in total. The Labute approximate surface area is 219 Å². The number of thiol groups is 2. The molecule has 3 amide bonds. The van der Waals surface area contributed by atoms with Crippen molar-refractivity contribution in [2.45, 2.75) is 43.4 Å². The Balaban J connectivity index is 2.89. The molecule has 0 aromatic heterocycles. The average Bonchev–Trinajstić information content (AvgIpc) is 2.83. The standard InChI is InChI=1S/C21H33N7O6S2/c22-13(9-35)17(30)26-14(2-1-7-25-21(23)24)18(31)28-16(10-36)19(32)27-15(20(33)34)8-11-3-5-12(29)6-4-11/h3-6,13-16,29,35-36H,1-2,7-10,22H2,(H,26,30)(H,27,32)(H,28,31)(H,33,34)(H4,23,24,25). The number of nitrogens with one attached hydrogen (secondary N) is 3. The molecule has 0 saturated heterocycles. The number of amides is 3. The van der Waals surface area contributed by atoms with Crippen LogP contribution in [-0.2, 0) is 25.6 Å². The lowest BCUT2D eigenvalue weighted by molar-refractivity contribution is -0.142. The second-order valence-corrected chi connectivity index (χ2v) is 8.54. The summed E-state index contributed by atoms with van der Waals surface area (Å²) < 4.78 is 0. The number of carboxylic acids is 1. The van der Waals surface area contributed by atoms with E-state index in [9.17, 15) is 29.4 Å². The highest BCUT2D eigenvalue weighted by atomic mass is 32.1. The predicted molar refractivity (Wildman–Crippen MR) is 141 cm³/mol. The van der Waals surface area contributed by atoms with Gasteiger partial charge in [0.15, 0.2) is 5.96 Å². The fourth-order valence-corrected chi connectivity index (χ4v) is 3.36. The van der Waals surface area contributed by atoms with E-state index in [0.29, 0.717) is 12.0 Å². The molecule has 200 valence electrons. The molecule has 1 rings (SSSR count). The van der Waals surface area contributed by atoms with Crippen LogP contribution in [0.15, 0.2) is 29.3 Å². The van der Waals surface area contributed by atoms with E-state index in [2.05, 4.69) is 46.2 Å². The summed E-state index contributed by atoms with van der Waals surface area (Å²) in [7, 11) is 0. The van der Waals surface area contributed by atoms with Crippen molar-refractivity contribution in [1.82, 2.24) is 16.0 Å². The van der Waals surface area contributed by atoms with Gasteiger partial charge in [0.05, 0.1) is 6.04 Å². The van der Waals surface area contributed by atoms with Gasteiger partial charge in [0, 0.05) is 24.5 Å². The van der Waals surface area contributed by atoms with Crippen molar-refractivity contribution in [3.05, 3.63) is 29.8 Å². The lowest BCUT2D eigenvalue weighted by Gasteiger charge is -2.24. The van der Waals surface area contributed by atoms with Gasteiger partial charge in [-0.3, -0.25) is 19.4 Å². The van der Waals surface area contributed by atoms with Gasteiger partial charge in [0.1, 0.15) is 23.9 Å². The van der Waals surface area contributed by atoms with Crippen LogP contribution in [0.5, 0.6) is 5.75 Å². The lowest BCUT2D eigenvalue weighted by Crippen LogP contribution is -2.58. The van der Waals surface area contributed by atoms with Gasteiger partial charge in [0.25, 0.3) is 0 Å². The first kappa shape index (κ1) is 30.9. The fourth-order valence-electron chi connectivity index (χ4n) is 2.94. The number of aromatic hydroxyl groups is 1. The minimum Gasteiger partial charge on any atom is -0.508 e. The number of rotatable bonds is 15. The monoisotopic (exact) mass is 543 g/mol. The molecule has 0 saturated carbocycles. The number of aliphatic carboxylic acids is 1. The number of hydrogen-bond donors (Lipinski definition) is 10. The second-order valence-electron chi connectivity index (χ2n) is 7.81. The second kappa shape index (κ2) is 15.7. The van der Waals surface area contributed by atoms with E-state index < -0.39 is 47.9 Å². The summed E-state index contributed by atoms with van der Waals surface area (Å²) in [5, 5.41) is 26.3. The van der Waals surface area contributed by atoms with Gasteiger partial charge >= 0.3 is 5.97 Å². The topological polar surface area (TPSA) is 235 Å². The van der Waals surface area contributed by atoms with Crippen LogP contribution in [-0.4, -0.2) is 82.1 Å². The molecule has 36 heavy (non-hydrogen) atoms. The van der Waals surface area contributed by atoms with Gasteiger partial charge in [0.2, 0.25) is 17.7 Å². The van der Waals surface area contributed by atoms with Gasteiger partial charge in [-0.05, 0) is 30.5 Å². The third-order valence-electron chi connectivity index (χ3n) is 4.92. The maximum atomic E-state index is 12.9. The van der Waals surface area contributed by atoms with E-state index in [-0.39, 0.29) is 42.6 Å². The summed E-state index contributed by atoms with van der Waals surface area (Å²) in [5.41, 5.74) is 16.8. The number of nitrogens with zero attached hydrogens (tertiary/aromatic N) is 1. The van der Waals surface area contributed by atoms with Crippen LogP contribution in [0.1, 0.15) is 18.4 Å². The zero-order valence-electron chi connectivity index (χ0n) is 19.5. The molecule has 13 nitrogen and oxygen atoms in total. The predicted octanol–water partition coefficient (Wildman–Crippen LogP) is -2.29. The first-order valence-corrected chi connectivity index (χ1v) is 12.2. The molecule has 0 aliphatic heterocycles. The summed E-state index contributed by atoms with van der Waals surface area (Å²) >= 11 is 8.06. The first-order chi connectivity index (χ1) is 17.0. The summed E-state index contributed by atoms with van der Waals surface area (Å²) in [5.74, 6) is -3.57. The zero-order valence-corrected chi connectivity index (χ0v) is 21.3. The SMILES string of the molecule is NC(N)=NCCCC(NC(=O)C(N)CS)C(=O)NC(CS)C(=O)NC(Cc1ccc(O)cc1)C(=O)O. The van der Waals surface area contributed by atoms with Crippen LogP contribution in [0, 0.1) is 0 Å². The summed E-state index contributed by atoms with van der Waals surface area (Å²) in [4.78, 5) is 53.4. The molecule has 0 radical (unpaired) electrons. The van der Waals surface area contributed by atoms with E-state index in [1.54, 1.807) is 0 Å². The molecular weight excluding hydrogens is 510 g/mol. The number of benzene rings is 1. The number of hydrogen-bond acceptors (Lipinski definition) is 9. The number of carboxylic acid groups (broad SMARTS) is 1. The van der Waals surface area contributed by atoms with Crippen LogP contribution in [0.4, 0.5) is 0 Å². The Hall–Kier alpha value is -3.17. The highest BCUT2D eigenvalue weighted by Crippen LogP contribution is 2.12. The van der Waals surface area contributed by atoms with Crippen molar-refractivity contribution >= 4 is 54.9 Å². The minimum absolute atomic E-state index is 0.0165. The Morgan fingerprint density at radius 3 is 1.97 bits per heavy atom. The lowest BCUT2D eigenvalue weighted by atomic mass is 10.1. The molecule has 0 fully saturated rings. The molecule has 0 spiro atoms. The highest BCUT2D eigenvalue weighted by Gasteiger charge is 2.29. The van der Waals surface area contributed by atoms with Gasteiger partial charge in [-0.1, -0.05) is 12.1 Å². The summed E-state index contributed by atoms with van der Waals surface area (Å²) in [6, 6.07) is 1.33. The van der Waals surface area contributed by atoms with E-state index >= 15 is 0 Å². The number of carbonyl (C=O) groups is 4. The normalized spacial score (nSPS) is 14.0. The van der Waals surface area contributed by atoms with Crippen molar-refractivity contribution < 1.29 is 29.4 Å². The maximum absolute atomic E-state index is 12.9. The van der Waals surface area contributed by atoms with Crippen molar-refractivity contribution in [3.63, 3.8) is 0 Å². The Bertz CT molecular complexity index is 928. The average molecular weight is 544 g/mol. The third-order valence-corrected chi connectivity index (χ3v) is 5.68. The van der Waals surface area contributed by atoms with Gasteiger partial charge in [-0.15, -0.1) is 0 Å². The smallest absolute Gasteiger partial charge is 0.326 e. The maximum Gasteiger partial charge on any atom is 0.326 e. The van der Waals surface area contributed by atoms with Crippen LogP contribution < -0.4 is 33.2 Å². The van der Waals surface area contributed by atoms with E-state index in [0.717, 1.165) is 0 Å². The van der Waals surface area contributed by atoms with E-state index in [1.165, 1.54) is 24.3 Å². The quantitative estimate of drug-likeness (QED) is 0.0495. The molecular formula is C21H33N7O6S2. The molecule has 0 aliphatic carbocycles. The largest absolute Gasteiger partial charge is 0.508 e. The van der Waals surface area contributed by atoms with Crippen molar-refractivity contribution in [1.29, 1.82) is 0 Å². The van der Waals surface area contributed by atoms with Crippen LogP contribution >= 0.6 is 25.3 Å². The number of carbonyl (C=O) groups excluding carboxylic acids is 3. The molecule has 0 heterocycles. The van der Waals surface area contributed by atoms with Gasteiger partial charge in [-0.2, -0.15) is 25.3 Å². The molecule has 0 aliphatic rings. The van der Waals surface area contributed by atoms with E-state index in [4.69, 9.17) is 17.2 Å². The number of aliphatic imine (C=N–C) groups is 1. The van der Waals surface area contributed by atoms with E-state index in [1.807, 2.05) is 0 Å². The van der Waals surface area contributed by atoms with Crippen LogP contribution in [0.2, 0.25) is 0 Å². The summed E-state index contributed by atoms with van der Waals surface area (Å²) in [6.07, 6.45) is 0.407. The van der Waals surface area contributed by atoms with Crippen LogP contribution in [0.3, 0.4) is 0 Å². The van der Waals surface area contributed by atoms with Gasteiger partial charge in [-0.25, -0.2) is 4.79 Å². The Kier molecular flexibility index (Phi) is 13.5. The fraction of sp³-hybridized carbons (Fsp3) is 0.476. The molecule has 4 atom stereocenters. The number of phenols is 1. The van der Waals surface area contributed by atoms with Gasteiger partial charge < -0.3 is 43.4 Å². The van der Waals surface area contributed by atoms with Crippen molar-refractivity contribution in [3.8, 4) is 5.75 Å². The summed E-state index contributed by atoms with van der Waals surface area (Å²) in [6.45, 7) is 0.203.